The van der Waals surface area contributed by atoms with E-state index in [0.29, 0.717) is 11.7 Å². The maximum absolute atomic E-state index is 5.74. The molecule has 15 heavy (non-hydrogen) atoms. The third-order valence-electron chi connectivity index (χ3n) is 1.92. The molecule has 1 aromatic heterocycles. The number of nitrogens with zero attached hydrogens (tertiary/aromatic N) is 3. The van der Waals surface area contributed by atoms with Crippen LogP contribution in [0.1, 0.15) is 25.4 Å². The van der Waals surface area contributed by atoms with E-state index in [4.69, 9.17) is 5.73 Å². The standard InChI is InChI=1S/C11H20N4/c1-8(2)5-9-6-10(12)14-11(13-9)7-15(3)4/h6,8H,5,7H2,1-4H3,(H2,12,13,14). The maximum atomic E-state index is 5.74. The van der Waals surface area contributed by atoms with Crippen LogP contribution in [0.15, 0.2) is 6.07 Å². The van der Waals surface area contributed by atoms with Crippen LogP contribution in [-0.2, 0) is 13.0 Å². The van der Waals surface area contributed by atoms with Gasteiger partial charge in [0.25, 0.3) is 0 Å². The molecule has 0 saturated heterocycles. The average Bonchev–Trinajstić information content (AvgIpc) is 1.98. The first-order valence-corrected chi connectivity index (χ1v) is 5.24. The van der Waals surface area contributed by atoms with Gasteiger partial charge in [-0.15, -0.1) is 0 Å². The Bertz CT molecular complexity index is 292. The molecule has 1 aromatic rings. The van der Waals surface area contributed by atoms with Crippen molar-refractivity contribution in [1.82, 2.24) is 14.9 Å². The van der Waals surface area contributed by atoms with Crippen LogP contribution in [-0.4, -0.2) is 29.0 Å². The Kier molecular flexibility index (Phi) is 4.03. The average molecular weight is 208 g/mol. The molecule has 0 radical (unpaired) electrons. The minimum absolute atomic E-state index is 0.567. The first-order chi connectivity index (χ1) is 6.97. The van der Waals surface area contributed by atoms with Gasteiger partial charge in [-0.25, -0.2) is 9.97 Å². The second-order valence-corrected chi connectivity index (χ2v) is 4.54. The summed E-state index contributed by atoms with van der Waals surface area (Å²) in [6.07, 6.45) is 0.952. The van der Waals surface area contributed by atoms with Gasteiger partial charge in [0.2, 0.25) is 0 Å². The van der Waals surface area contributed by atoms with E-state index in [-0.39, 0.29) is 0 Å². The lowest BCUT2D eigenvalue weighted by molar-refractivity contribution is 0.389. The van der Waals surface area contributed by atoms with Crippen molar-refractivity contribution in [3.8, 4) is 0 Å². The third-order valence-corrected chi connectivity index (χ3v) is 1.92. The Morgan fingerprint density at radius 2 is 2.00 bits per heavy atom. The van der Waals surface area contributed by atoms with Crippen LogP contribution >= 0.6 is 0 Å². The molecule has 0 saturated carbocycles. The van der Waals surface area contributed by atoms with Gasteiger partial charge in [-0.2, -0.15) is 0 Å². The predicted molar refractivity (Wildman–Crippen MR) is 62.4 cm³/mol. The molecule has 0 unspecified atom stereocenters. The molecule has 0 fully saturated rings. The van der Waals surface area contributed by atoms with Crippen molar-refractivity contribution in [2.45, 2.75) is 26.8 Å². The molecule has 0 spiro atoms. The molecule has 0 bridgehead atoms. The van der Waals surface area contributed by atoms with Crippen molar-refractivity contribution in [2.24, 2.45) is 5.92 Å². The minimum atomic E-state index is 0.567. The van der Waals surface area contributed by atoms with Crippen LogP contribution in [0.3, 0.4) is 0 Å². The molecule has 4 heteroatoms. The fraction of sp³-hybridized carbons (Fsp3) is 0.636. The van der Waals surface area contributed by atoms with E-state index in [1.54, 1.807) is 0 Å². The zero-order valence-corrected chi connectivity index (χ0v) is 9.99. The van der Waals surface area contributed by atoms with Gasteiger partial charge in [0.05, 0.1) is 6.54 Å². The molecular formula is C11H20N4. The zero-order chi connectivity index (χ0) is 11.4. The van der Waals surface area contributed by atoms with E-state index in [2.05, 4.69) is 23.8 Å². The lowest BCUT2D eigenvalue weighted by Gasteiger charge is -2.11. The first-order valence-electron chi connectivity index (χ1n) is 5.24. The van der Waals surface area contributed by atoms with Gasteiger partial charge in [0.15, 0.2) is 0 Å². The number of nitrogen functional groups attached to an aromatic ring is 1. The Morgan fingerprint density at radius 3 is 2.53 bits per heavy atom. The summed E-state index contributed by atoms with van der Waals surface area (Å²) in [7, 11) is 3.99. The summed E-state index contributed by atoms with van der Waals surface area (Å²) in [6, 6.07) is 1.86. The van der Waals surface area contributed by atoms with Crippen LogP contribution in [0.25, 0.3) is 0 Å². The second kappa shape index (κ2) is 5.07. The van der Waals surface area contributed by atoms with E-state index in [9.17, 15) is 0 Å². The van der Waals surface area contributed by atoms with Crippen molar-refractivity contribution in [3.63, 3.8) is 0 Å². The quantitative estimate of drug-likeness (QED) is 0.810. The highest BCUT2D eigenvalue weighted by Gasteiger charge is 2.05. The van der Waals surface area contributed by atoms with Gasteiger partial charge in [0.1, 0.15) is 11.6 Å². The molecule has 0 aromatic carbocycles. The summed E-state index contributed by atoms with van der Waals surface area (Å²) in [4.78, 5) is 10.7. The Morgan fingerprint density at radius 1 is 1.33 bits per heavy atom. The number of hydrogen-bond acceptors (Lipinski definition) is 4. The van der Waals surface area contributed by atoms with Crippen molar-refractivity contribution < 1.29 is 0 Å². The SMILES string of the molecule is CC(C)Cc1cc(N)nc(CN(C)C)n1. The van der Waals surface area contributed by atoms with Gasteiger partial charge in [0, 0.05) is 11.8 Å². The topological polar surface area (TPSA) is 55.0 Å². The predicted octanol–water partition coefficient (Wildman–Crippen LogP) is 1.32. The number of nitrogens with two attached hydrogens (primary N) is 1. The monoisotopic (exact) mass is 208 g/mol. The van der Waals surface area contributed by atoms with Gasteiger partial charge >= 0.3 is 0 Å². The summed E-state index contributed by atoms with van der Waals surface area (Å²) in [5.41, 5.74) is 6.78. The van der Waals surface area contributed by atoms with Crippen molar-refractivity contribution in [1.29, 1.82) is 0 Å². The molecule has 1 rings (SSSR count). The molecular weight excluding hydrogens is 188 g/mol. The van der Waals surface area contributed by atoms with Gasteiger partial charge in [-0.3, -0.25) is 0 Å². The third kappa shape index (κ3) is 4.25. The summed E-state index contributed by atoms with van der Waals surface area (Å²) in [6.45, 7) is 5.07. The van der Waals surface area contributed by atoms with Gasteiger partial charge in [-0.05, 0) is 26.4 Å². The molecule has 1 heterocycles. The van der Waals surface area contributed by atoms with Crippen LogP contribution in [0.5, 0.6) is 0 Å². The molecule has 0 amide bonds. The van der Waals surface area contributed by atoms with Gasteiger partial charge < -0.3 is 10.6 Å². The van der Waals surface area contributed by atoms with Crippen LogP contribution < -0.4 is 5.73 Å². The Hall–Kier alpha value is -1.16. The zero-order valence-electron chi connectivity index (χ0n) is 9.99. The molecule has 0 aliphatic carbocycles. The van der Waals surface area contributed by atoms with Crippen molar-refractivity contribution in [3.05, 3.63) is 17.6 Å². The van der Waals surface area contributed by atoms with Crippen molar-refractivity contribution >= 4 is 5.82 Å². The lowest BCUT2D eigenvalue weighted by Crippen LogP contribution is -2.15. The smallest absolute Gasteiger partial charge is 0.144 e. The summed E-state index contributed by atoms with van der Waals surface area (Å²) in [5, 5.41) is 0. The number of hydrogen-bond donors (Lipinski definition) is 1. The van der Waals surface area contributed by atoms with E-state index in [1.165, 1.54) is 0 Å². The fourth-order valence-corrected chi connectivity index (χ4v) is 1.45. The number of anilines is 1. The van der Waals surface area contributed by atoms with Crippen LogP contribution in [0.4, 0.5) is 5.82 Å². The molecule has 0 atom stereocenters. The molecule has 0 aliphatic rings. The number of rotatable bonds is 4. The van der Waals surface area contributed by atoms with E-state index < -0.39 is 0 Å². The molecule has 4 nitrogen and oxygen atoms in total. The highest BCUT2D eigenvalue weighted by atomic mass is 15.1. The summed E-state index contributed by atoms with van der Waals surface area (Å²) in [5.74, 6) is 1.96. The lowest BCUT2D eigenvalue weighted by atomic mass is 10.1. The highest BCUT2D eigenvalue weighted by molar-refractivity contribution is 5.29. The highest BCUT2D eigenvalue weighted by Crippen LogP contribution is 2.09. The Labute approximate surface area is 91.5 Å². The van der Waals surface area contributed by atoms with Gasteiger partial charge in [-0.1, -0.05) is 13.8 Å². The molecule has 84 valence electrons. The summed E-state index contributed by atoms with van der Waals surface area (Å²) < 4.78 is 0. The Balaban J connectivity index is 2.84. The van der Waals surface area contributed by atoms with E-state index in [1.807, 2.05) is 25.1 Å². The normalized spacial score (nSPS) is 11.3. The minimum Gasteiger partial charge on any atom is -0.384 e. The maximum Gasteiger partial charge on any atom is 0.144 e. The molecule has 0 aliphatic heterocycles. The largest absolute Gasteiger partial charge is 0.384 e. The fourth-order valence-electron chi connectivity index (χ4n) is 1.45. The molecule has 2 N–H and O–H groups in total. The number of aromatic nitrogens is 2. The summed E-state index contributed by atoms with van der Waals surface area (Å²) >= 11 is 0. The van der Waals surface area contributed by atoms with Crippen LogP contribution in [0, 0.1) is 5.92 Å². The van der Waals surface area contributed by atoms with E-state index in [0.717, 1.165) is 24.5 Å². The second-order valence-electron chi connectivity index (χ2n) is 4.54. The van der Waals surface area contributed by atoms with Crippen molar-refractivity contribution in [2.75, 3.05) is 19.8 Å². The van der Waals surface area contributed by atoms with E-state index >= 15 is 0 Å². The van der Waals surface area contributed by atoms with Crippen LogP contribution in [0.2, 0.25) is 0 Å². The first kappa shape index (κ1) is 11.9.